The quantitative estimate of drug-likeness (QED) is 0.907. The predicted molar refractivity (Wildman–Crippen MR) is 58.8 cm³/mol. The molecule has 18 heavy (non-hydrogen) atoms. The van der Waals surface area contributed by atoms with Crippen molar-refractivity contribution >= 4 is 17.4 Å². The summed E-state index contributed by atoms with van der Waals surface area (Å²) in [4.78, 5) is 3.50. The number of hydrogen-bond donors (Lipinski definition) is 1. The number of aryl methyl sites for hydroxylation is 1. The lowest BCUT2D eigenvalue weighted by molar-refractivity contribution is -0.141. The van der Waals surface area contributed by atoms with Crippen molar-refractivity contribution in [1.29, 1.82) is 0 Å². The summed E-state index contributed by atoms with van der Waals surface area (Å²) in [5.41, 5.74) is 4.77. The van der Waals surface area contributed by atoms with E-state index in [1.165, 1.54) is 6.33 Å². The fourth-order valence-corrected chi connectivity index (χ4v) is 1.97. The molecule has 0 aliphatic rings. The molecule has 0 saturated carbocycles. The normalized spacial score (nSPS) is 11.8. The fraction of sp³-hybridized carbons (Fsp3) is 0.222. The number of alkyl halides is 3. The van der Waals surface area contributed by atoms with E-state index in [2.05, 4.69) is 15.2 Å². The lowest BCUT2D eigenvalue weighted by Gasteiger charge is -2.09. The number of hydrogen-bond acceptors (Lipinski definition) is 5. The van der Waals surface area contributed by atoms with E-state index >= 15 is 0 Å². The first-order valence-corrected chi connectivity index (χ1v) is 5.54. The maximum atomic E-state index is 12.5. The Morgan fingerprint density at radius 3 is 2.67 bits per heavy atom. The zero-order valence-corrected chi connectivity index (χ0v) is 9.96. The van der Waals surface area contributed by atoms with Crippen LogP contribution in [0.5, 0.6) is 0 Å². The molecule has 0 aromatic carbocycles. The number of rotatable bonds is 2. The molecule has 2 heterocycles. The monoisotopic (exact) mass is 275 g/mol. The molecular weight excluding hydrogens is 267 g/mol. The van der Waals surface area contributed by atoms with Crippen LogP contribution in [0.3, 0.4) is 0 Å². The molecule has 2 aromatic heterocycles. The van der Waals surface area contributed by atoms with Crippen LogP contribution < -0.4 is 5.73 Å². The van der Waals surface area contributed by atoms with Crippen LogP contribution in [0, 0.1) is 0 Å². The van der Waals surface area contributed by atoms with E-state index in [1.54, 1.807) is 11.6 Å². The van der Waals surface area contributed by atoms with Crippen molar-refractivity contribution in [3.05, 3.63) is 24.3 Å². The van der Waals surface area contributed by atoms with Gasteiger partial charge in [-0.25, -0.2) is 4.98 Å². The van der Waals surface area contributed by atoms with Crippen LogP contribution in [0.2, 0.25) is 0 Å². The van der Waals surface area contributed by atoms with E-state index < -0.39 is 11.9 Å². The molecule has 2 N–H and O–H groups in total. The summed E-state index contributed by atoms with van der Waals surface area (Å²) in [5, 5.41) is 7.84. The molecular formula is C9H8F3N5S. The molecule has 0 unspecified atom stereocenters. The van der Waals surface area contributed by atoms with E-state index in [0.717, 1.165) is 24.0 Å². The third-order valence-corrected chi connectivity index (χ3v) is 3.18. The lowest BCUT2D eigenvalue weighted by atomic mass is 10.3. The zero-order chi connectivity index (χ0) is 13.3. The maximum Gasteiger partial charge on any atom is 0.433 e. The van der Waals surface area contributed by atoms with Crippen LogP contribution >= 0.6 is 11.8 Å². The number of pyridine rings is 1. The van der Waals surface area contributed by atoms with Gasteiger partial charge in [0, 0.05) is 11.9 Å². The Kier molecular flexibility index (Phi) is 3.16. The second kappa shape index (κ2) is 4.48. The highest BCUT2D eigenvalue weighted by atomic mass is 32.2. The first kappa shape index (κ1) is 12.7. The smallest absolute Gasteiger partial charge is 0.397 e. The Morgan fingerprint density at radius 1 is 1.39 bits per heavy atom. The topological polar surface area (TPSA) is 69.6 Å². The first-order valence-electron chi connectivity index (χ1n) is 4.72. The van der Waals surface area contributed by atoms with Gasteiger partial charge in [-0.1, -0.05) is 0 Å². The van der Waals surface area contributed by atoms with Crippen molar-refractivity contribution < 1.29 is 13.2 Å². The largest absolute Gasteiger partial charge is 0.433 e. The van der Waals surface area contributed by atoms with Gasteiger partial charge in [0.05, 0.1) is 11.9 Å². The predicted octanol–water partition coefficient (Wildman–Crippen LogP) is 1.96. The van der Waals surface area contributed by atoms with Gasteiger partial charge in [0.1, 0.15) is 12.0 Å². The van der Waals surface area contributed by atoms with Gasteiger partial charge in [-0.3, -0.25) is 0 Å². The van der Waals surface area contributed by atoms with Gasteiger partial charge in [0.25, 0.3) is 0 Å². The number of nitrogens with two attached hydrogens (primary N) is 1. The molecule has 0 fully saturated rings. The van der Waals surface area contributed by atoms with Gasteiger partial charge in [-0.2, -0.15) is 13.2 Å². The number of aromatic nitrogens is 4. The fourth-order valence-electron chi connectivity index (χ4n) is 1.15. The zero-order valence-electron chi connectivity index (χ0n) is 9.14. The summed E-state index contributed by atoms with van der Waals surface area (Å²) in [5.74, 6) is 0. The van der Waals surface area contributed by atoms with Gasteiger partial charge in [0.2, 0.25) is 0 Å². The van der Waals surface area contributed by atoms with Gasteiger partial charge >= 0.3 is 6.18 Å². The van der Waals surface area contributed by atoms with Gasteiger partial charge in [-0.05, 0) is 17.8 Å². The minimum atomic E-state index is -4.50. The summed E-state index contributed by atoms with van der Waals surface area (Å²) >= 11 is 1.00. The molecule has 0 spiro atoms. The Hall–Kier alpha value is -1.77. The number of anilines is 1. The minimum Gasteiger partial charge on any atom is -0.397 e. The minimum absolute atomic E-state index is 0.163. The maximum absolute atomic E-state index is 12.5. The van der Waals surface area contributed by atoms with Crippen molar-refractivity contribution in [3.63, 3.8) is 0 Å². The molecule has 0 amide bonds. The van der Waals surface area contributed by atoms with Gasteiger partial charge < -0.3 is 10.3 Å². The summed E-state index contributed by atoms with van der Waals surface area (Å²) in [6, 6.07) is 0.898. The SMILES string of the molecule is Cn1cnnc1Sc1cc(C(F)(F)F)ncc1N. The van der Waals surface area contributed by atoms with E-state index in [-0.39, 0.29) is 10.6 Å². The van der Waals surface area contributed by atoms with E-state index in [1.807, 2.05) is 0 Å². The first-order chi connectivity index (χ1) is 8.38. The van der Waals surface area contributed by atoms with Crippen molar-refractivity contribution in [2.75, 3.05) is 5.73 Å². The molecule has 2 aromatic rings. The van der Waals surface area contributed by atoms with Gasteiger partial charge in [-0.15, -0.1) is 10.2 Å². The Morgan fingerprint density at radius 2 is 2.11 bits per heavy atom. The molecule has 5 nitrogen and oxygen atoms in total. The van der Waals surface area contributed by atoms with Crippen LogP contribution in [0.25, 0.3) is 0 Å². The third kappa shape index (κ3) is 2.55. The Balaban J connectivity index is 2.36. The molecule has 0 aliphatic carbocycles. The van der Waals surface area contributed by atoms with Crippen molar-refractivity contribution in [2.24, 2.45) is 7.05 Å². The third-order valence-electron chi connectivity index (χ3n) is 2.06. The van der Waals surface area contributed by atoms with Crippen molar-refractivity contribution in [3.8, 4) is 0 Å². The Bertz CT molecular complexity index is 566. The molecule has 2 rings (SSSR count). The summed E-state index contributed by atoms with van der Waals surface area (Å²) in [7, 11) is 1.68. The average molecular weight is 275 g/mol. The molecule has 0 saturated heterocycles. The molecule has 96 valence electrons. The highest BCUT2D eigenvalue weighted by molar-refractivity contribution is 7.99. The summed E-state index contributed by atoms with van der Waals surface area (Å²) in [6.07, 6.45) is -2.06. The number of halogens is 3. The lowest BCUT2D eigenvalue weighted by Crippen LogP contribution is -2.08. The number of nitrogen functional groups attached to an aromatic ring is 1. The summed E-state index contributed by atoms with van der Waals surface area (Å²) in [6.45, 7) is 0. The van der Waals surface area contributed by atoms with Crippen LogP contribution in [-0.4, -0.2) is 19.7 Å². The molecule has 0 atom stereocenters. The molecule has 9 heteroatoms. The second-order valence-corrected chi connectivity index (χ2v) is 4.44. The average Bonchev–Trinajstić information content (AvgIpc) is 2.66. The van der Waals surface area contributed by atoms with Gasteiger partial charge in [0.15, 0.2) is 5.16 Å². The second-order valence-electron chi connectivity index (χ2n) is 3.43. The van der Waals surface area contributed by atoms with Crippen LogP contribution in [-0.2, 0) is 13.2 Å². The number of nitrogens with zero attached hydrogens (tertiary/aromatic N) is 4. The molecule has 0 aliphatic heterocycles. The van der Waals surface area contributed by atoms with E-state index in [9.17, 15) is 13.2 Å². The highest BCUT2D eigenvalue weighted by Gasteiger charge is 2.33. The molecule has 0 radical (unpaired) electrons. The highest BCUT2D eigenvalue weighted by Crippen LogP contribution is 2.35. The van der Waals surface area contributed by atoms with E-state index in [0.29, 0.717) is 5.16 Å². The Labute approximate surface area is 104 Å². The van der Waals surface area contributed by atoms with E-state index in [4.69, 9.17) is 5.73 Å². The van der Waals surface area contributed by atoms with Crippen LogP contribution in [0.15, 0.2) is 28.6 Å². The van der Waals surface area contributed by atoms with Crippen LogP contribution in [0.4, 0.5) is 18.9 Å². The van der Waals surface area contributed by atoms with Crippen LogP contribution in [0.1, 0.15) is 5.69 Å². The molecule has 0 bridgehead atoms. The standard InChI is InChI=1S/C9H8F3N5S/c1-17-4-15-16-8(17)18-6-2-7(9(10,11)12)14-3-5(6)13/h2-4H,13H2,1H3. The summed E-state index contributed by atoms with van der Waals surface area (Å²) < 4.78 is 39.1. The van der Waals surface area contributed by atoms with Crippen molar-refractivity contribution in [2.45, 2.75) is 16.2 Å². The van der Waals surface area contributed by atoms with Crippen molar-refractivity contribution in [1.82, 2.24) is 19.7 Å².